The molecule has 5 rings (SSSR count). The number of rotatable bonds is 7. The zero-order chi connectivity index (χ0) is 31.4. The summed E-state index contributed by atoms with van der Waals surface area (Å²) in [6, 6.07) is 10.9. The van der Waals surface area contributed by atoms with Gasteiger partial charge in [0, 0.05) is 0 Å². The van der Waals surface area contributed by atoms with Crippen molar-refractivity contribution in [2.24, 2.45) is 0 Å². The molecule has 1 amide bonds. The van der Waals surface area contributed by atoms with Gasteiger partial charge < -0.3 is 4.98 Å². The van der Waals surface area contributed by atoms with E-state index in [0.717, 1.165) is 0 Å². The summed E-state index contributed by atoms with van der Waals surface area (Å²) >= 11 is 0. The molecule has 4 aromatic rings. The summed E-state index contributed by atoms with van der Waals surface area (Å²) in [4.78, 5) is 17.2. The summed E-state index contributed by atoms with van der Waals surface area (Å²) in [6.07, 6.45) is -11.0. The minimum absolute atomic E-state index is 0.0393. The number of halogens is 6. The fraction of sp³-hybridized carbons (Fsp3) is 0.231. The molecule has 0 bridgehead atoms. The molecule has 1 aliphatic rings. The number of para-hydroxylation sites is 2. The average Bonchev–Trinajstić information content (AvgIpc) is 3.46. The van der Waals surface area contributed by atoms with Crippen molar-refractivity contribution in [2.75, 3.05) is 0 Å². The predicted molar refractivity (Wildman–Crippen MR) is 140 cm³/mol. The molecule has 0 saturated carbocycles. The van der Waals surface area contributed by atoms with Gasteiger partial charge in [0.15, 0.2) is 0 Å². The van der Waals surface area contributed by atoms with Crippen molar-refractivity contribution in [2.45, 2.75) is 41.4 Å². The SMILES string of the molecule is O=C1CC(c2ccc(C[C@H](NS(=O)(=O)c3cc(C(F)(F)F)ccc3C(F)(F)F)c3nc4ccccc4[nH]3)cc2)S(=O)(=O)N1. The first-order chi connectivity index (χ1) is 19.9. The Morgan fingerprint density at radius 2 is 1.63 bits per heavy atom. The molecule has 9 nitrogen and oxygen atoms in total. The maximum Gasteiger partial charge on any atom is 0.417 e. The molecule has 1 saturated heterocycles. The Balaban J connectivity index is 1.54. The normalized spacial score (nSPS) is 18.1. The number of nitrogens with zero attached hydrogens (tertiary/aromatic N) is 1. The number of nitrogens with one attached hydrogen (secondary N) is 3. The molecular weight excluding hydrogens is 626 g/mol. The van der Waals surface area contributed by atoms with E-state index in [-0.39, 0.29) is 42.4 Å². The van der Waals surface area contributed by atoms with E-state index in [9.17, 15) is 48.0 Å². The Hall–Kier alpha value is -3.96. The molecule has 0 aliphatic carbocycles. The summed E-state index contributed by atoms with van der Waals surface area (Å²) < 4.78 is 136. The van der Waals surface area contributed by atoms with Gasteiger partial charge in [0.2, 0.25) is 26.0 Å². The van der Waals surface area contributed by atoms with Gasteiger partial charge in [-0.25, -0.2) is 26.5 Å². The van der Waals surface area contributed by atoms with Crippen molar-refractivity contribution in [1.29, 1.82) is 0 Å². The number of imidazole rings is 1. The molecule has 0 radical (unpaired) electrons. The van der Waals surface area contributed by atoms with Crippen LogP contribution in [0.4, 0.5) is 26.3 Å². The molecule has 1 aromatic heterocycles. The van der Waals surface area contributed by atoms with E-state index in [1.807, 2.05) is 4.72 Å². The largest absolute Gasteiger partial charge is 0.417 e. The van der Waals surface area contributed by atoms with E-state index >= 15 is 0 Å². The van der Waals surface area contributed by atoms with Crippen molar-refractivity contribution >= 4 is 37.0 Å². The van der Waals surface area contributed by atoms with Crippen molar-refractivity contribution in [1.82, 2.24) is 19.4 Å². The molecule has 228 valence electrons. The van der Waals surface area contributed by atoms with Crippen molar-refractivity contribution in [3.63, 3.8) is 0 Å². The second-order valence-electron chi connectivity index (χ2n) is 9.73. The number of hydrogen-bond donors (Lipinski definition) is 3. The Labute approximate surface area is 240 Å². The minimum atomic E-state index is -5.30. The zero-order valence-corrected chi connectivity index (χ0v) is 23.1. The number of carbonyl (C=O) groups excluding carboxylic acids is 1. The quantitative estimate of drug-likeness (QED) is 0.248. The highest BCUT2D eigenvalue weighted by Gasteiger charge is 2.41. The van der Waals surface area contributed by atoms with Crippen LogP contribution in [0.1, 0.15) is 45.8 Å². The van der Waals surface area contributed by atoms with E-state index in [2.05, 4.69) is 14.7 Å². The lowest BCUT2D eigenvalue weighted by Gasteiger charge is -2.20. The predicted octanol–water partition coefficient (Wildman–Crippen LogP) is 4.75. The Bertz CT molecular complexity index is 1890. The highest BCUT2D eigenvalue weighted by molar-refractivity contribution is 7.90. The van der Waals surface area contributed by atoms with Crippen LogP contribution in [-0.2, 0) is 43.6 Å². The number of H-pyrrole nitrogens is 1. The maximum absolute atomic E-state index is 13.7. The molecule has 2 atom stereocenters. The highest BCUT2D eigenvalue weighted by atomic mass is 32.2. The molecule has 1 aliphatic heterocycles. The smallest absolute Gasteiger partial charge is 0.341 e. The van der Waals surface area contributed by atoms with Crippen LogP contribution >= 0.6 is 0 Å². The van der Waals surface area contributed by atoms with Crippen LogP contribution in [0.2, 0.25) is 0 Å². The lowest BCUT2D eigenvalue weighted by atomic mass is 10.0. The second-order valence-corrected chi connectivity index (χ2v) is 13.3. The van der Waals surface area contributed by atoms with E-state index in [4.69, 9.17) is 0 Å². The Morgan fingerprint density at radius 3 is 2.21 bits per heavy atom. The fourth-order valence-corrected chi connectivity index (χ4v) is 7.57. The van der Waals surface area contributed by atoms with Gasteiger partial charge in [0.25, 0.3) is 0 Å². The van der Waals surface area contributed by atoms with Gasteiger partial charge >= 0.3 is 12.4 Å². The third-order valence-electron chi connectivity index (χ3n) is 6.73. The number of benzene rings is 3. The number of aromatic nitrogens is 2. The molecule has 2 heterocycles. The molecule has 1 fully saturated rings. The van der Waals surface area contributed by atoms with E-state index in [0.29, 0.717) is 16.6 Å². The van der Waals surface area contributed by atoms with Crippen LogP contribution in [0, 0.1) is 0 Å². The maximum atomic E-state index is 13.7. The van der Waals surface area contributed by atoms with Crippen LogP contribution in [0.5, 0.6) is 0 Å². The third kappa shape index (κ3) is 6.37. The van der Waals surface area contributed by atoms with Crippen LogP contribution in [0.15, 0.2) is 71.6 Å². The molecule has 3 aromatic carbocycles. The average molecular weight is 647 g/mol. The van der Waals surface area contributed by atoms with Gasteiger partial charge in [-0.15, -0.1) is 0 Å². The Kier molecular flexibility index (Phi) is 7.55. The highest BCUT2D eigenvalue weighted by Crippen LogP contribution is 2.39. The van der Waals surface area contributed by atoms with Gasteiger partial charge in [0.05, 0.1) is 39.5 Å². The summed E-state index contributed by atoms with van der Waals surface area (Å²) in [5.74, 6) is -0.719. The number of sulfonamides is 2. The molecule has 17 heteroatoms. The van der Waals surface area contributed by atoms with E-state index in [1.54, 1.807) is 24.3 Å². The van der Waals surface area contributed by atoms with Gasteiger partial charge in [-0.2, -0.15) is 26.3 Å². The molecule has 1 unspecified atom stereocenters. The Morgan fingerprint density at radius 1 is 0.953 bits per heavy atom. The lowest BCUT2D eigenvalue weighted by molar-refractivity contribution is -0.143. The third-order valence-corrected chi connectivity index (χ3v) is 9.94. The van der Waals surface area contributed by atoms with E-state index in [1.165, 1.54) is 24.3 Å². The number of hydrogen-bond acceptors (Lipinski definition) is 6. The van der Waals surface area contributed by atoms with Gasteiger partial charge in [0.1, 0.15) is 11.1 Å². The number of amides is 1. The number of fused-ring (bicyclic) bond motifs is 1. The number of carbonyl (C=O) groups is 1. The van der Waals surface area contributed by atoms with Gasteiger partial charge in [-0.05, 0) is 47.9 Å². The zero-order valence-electron chi connectivity index (χ0n) is 21.5. The second kappa shape index (κ2) is 10.6. The van der Waals surface area contributed by atoms with Crippen molar-refractivity contribution in [3.8, 4) is 0 Å². The summed E-state index contributed by atoms with van der Waals surface area (Å²) in [6.45, 7) is 0. The van der Waals surface area contributed by atoms with Crippen LogP contribution < -0.4 is 9.44 Å². The summed E-state index contributed by atoms with van der Waals surface area (Å²) in [5.41, 5.74) is -1.91. The van der Waals surface area contributed by atoms with Crippen molar-refractivity contribution < 1.29 is 48.0 Å². The van der Waals surface area contributed by atoms with Gasteiger partial charge in [-0.1, -0.05) is 36.4 Å². The molecule has 0 spiro atoms. The molecular formula is C26H20F6N4O5S2. The van der Waals surface area contributed by atoms with Crippen LogP contribution in [0.3, 0.4) is 0 Å². The number of aromatic amines is 1. The molecule has 3 N–H and O–H groups in total. The first-order valence-corrected chi connectivity index (χ1v) is 15.4. The minimum Gasteiger partial charge on any atom is -0.341 e. The first-order valence-electron chi connectivity index (χ1n) is 12.3. The van der Waals surface area contributed by atoms with Crippen molar-refractivity contribution in [3.05, 3.63) is 94.8 Å². The summed E-state index contributed by atoms with van der Waals surface area (Å²) in [7, 11) is -9.21. The number of alkyl halides is 6. The summed E-state index contributed by atoms with van der Waals surface area (Å²) in [5, 5.41) is -1.15. The topological polar surface area (TPSA) is 138 Å². The van der Waals surface area contributed by atoms with Gasteiger partial charge in [-0.3, -0.25) is 9.52 Å². The first kappa shape index (κ1) is 30.5. The van der Waals surface area contributed by atoms with Crippen LogP contribution in [0.25, 0.3) is 11.0 Å². The lowest BCUT2D eigenvalue weighted by Crippen LogP contribution is -2.32. The standard InChI is InChI=1S/C26H20F6N4O5S2/c27-25(28,29)16-9-10-17(26(30,31)32)22(12-16)43(40,41)35-20(24-33-18-3-1-2-4-19(18)34-24)11-14-5-7-15(8-6-14)21-13-23(37)36-42(21,38)39/h1-10,12,20-21,35H,11,13H2,(H,33,34)(H,36,37)/t20-,21?/m0/s1. The fourth-order valence-electron chi connectivity index (χ4n) is 4.69. The van der Waals surface area contributed by atoms with E-state index < -0.39 is 65.6 Å². The van der Waals surface area contributed by atoms with Crippen LogP contribution in [-0.4, -0.2) is 32.7 Å². The monoisotopic (exact) mass is 646 g/mol. The molecule has 43 heavy (non-hydrogen) atoms.